The molecule has 3 nitrogen and oxygen atoms in total. The van der Waals surface area contributed by atoms with Gasteiger partial charge in [0.05, 0.1) is 0 Å². The molecule has 0 unspecified atom stereocenters. The number of Topliss-reactive ketones (excluding diaryl/α,β-unsaturated/α-hetero) is 1. The Hall–Kier alpha value is -0.860. The van der Waals surface area contributed by atoms with Gasteiger partial charge in [-0.2, -0.15) is 0 Å². The number of hydrogen-bond acceptors (Lipinski definition) is 3. The number of carboxylic acids is 1. The summed E-state index contributed by atoms with van der Waals surface area (Å²) in [5, 5.41) is 10.5. The van der Waals surface area contributed by atoms with Crippen molar-refractivity contribution >= 4 is 11.8 Å². The lowest BCUT2D eigenvalue weighted by atomic mass is 9.90. The predicted molar refractivity (Wildman–Crippen MR) is 93.9 cm³/mol. The van der Waals surface area contributed by atoms with E-state index < -0.39 is 17.7 Å². The van der Waals surface area contributed by atoms with E-state index in [1.807, 2.05) is 0 Å². The number of carbonyl (C=O) groups is 2. The smallest absolute Gasteiger partial charge is 0.181 e. The van der Waals surface area contributed by atoms with Crippen LogP contribution < -0.4 is 5.11 Å². The molecule has 3 atom stereocenters. The molecule has 0 aliphatic heterocycles. The van der Waals surface area contributed by atoms with Gasteiger partial charge in [0.25, 0.3) is 0 Å². The van der Waals surface area contributed by atoms with Crippen molar-refractivity contribution in [3.05, 3.63) is 0 Å². The lowest BCUT2D eigenvalue weighted by Crippen LogP contribution is -2.35. The largest absolute Gasteiger partial charge is 0.542 e. The van der Waals surface area contributed by atoms with Crippen LogP contribution in [0.25, 0.3) is 0 Å². The van der Waals surface area contributed by atoms with Crippen LogP contribution in [-0.2, 0) is 9.59 Å². The minimum atomic E-state index is -1.54. The first-order valence-electron chi connectivity index (χ1n) is 9.49. The van der Waals surface area contributed by atoms with Crippen LogP contribution in [0.15, 0.2) is 0 Å². The summed E-state index contributed by atoms with van der Waals surface area (Å²) < 4.78 is 0. The summed E-state index contributed by atoms with van der Waals surface area (Å²) in [6.45, 7) is 10.9. The van der Waals surface area contributed by atoms with Gasteiger partial charge in [0.15, 0.2) is 5.78 Å². The van der Waals surface area contributed by atoms with Crippen molar-refractivity contribution in [3.63, 3.8) is 0 Å². The zero-order chi connectivity index (χ0) is 17.8. The second kappa shape index (κ2) is 12.5. The van der Waals surface area contributed by atoms with E-state index in [1.54, 1.807) is 6.92 Å². The third kappa shape index (κ3) is 12.3. The first-order valence-corrected chi connectivity index (χ1v) is 9.49. The Morgan fingerprint density at radius 3 is 1.48 bits per heavy atom. The molecule has 0 aliphatic rings. The Morgan fingerprint density at radius 1 is 0.696 bits per heavy atom. The number of hydrogen-bond donors (Lipinski definition) is 0. The molecule has 0 radical (unpaired) electrons. The molecular formula is C20H37O3-. The van der Waals surface area contributed by atoms with Gasteiger partial charge in [-0.1, -0.05) is 86.0 Å². The maximum atomic E-state index is 11.2. The van der Waals surface area contributed by atoms with Crippen LogP contribution >= 0.6 is 0 Å². The van der Waals surface area contributed by atoms with Crippen molar-refractivity contribution in [2.75, 3.05) is 0 Å². The van der Waals surface area contributed by atoms with E-state index in [1.165, 1.54) is 38.5 Å². The van der Waals surface area contributed by atoms with Gasteiger partial charge in [0.2, 0.25) is 0 Å². The number of rotatable bonds is 14. The molecule has 0 amide bonds. The summed E-state index contributed by atoms with van der Waals surface area (Å²) in [6.07, 6.45) is 10.5. The number of carboxylic acid groups (broad SMARTS) is 1. The molecular weight excluding hydrogens is 288 g/mol. The van der Waals surface area contributed by atoms with Crippen LogP contribution in [0, 0.1) is 23.7 Å². The molecule has 0 heterocycles. The Morgan fingerprint density at radius 2 is 1.09 bits per heavy atom. The van der Waals surface area contributed by atoms with Gasteiger partial charge in [-0.3, -0.25) is 4.79 Å². The van der Waals surface area contributed by atoms with Crippen molar-refractivity contribution in [2.45, 2.75) is 92.4 Å². The molecule has 0 fully saturated rings. The van der Waals surface area contributed by atoms with E-state index in [9.17, 15) is 14.7 Å². The van der Waals surface area contributed by atoms with Gasteiger partial charge in [0, 0.05) is 5.92 Å². The molecule has 0 aromatic heterocycles. The quantitative estimate of drug-likeness (QED) is 0.445. The van der Waals surface area contributed by atoms with Gasteiger partial charge < -0.3 is 9.90 Å². The topological polar surface area (TPSA) is 57.2 Å². The average Bonchev–Trinajstić information content (AvgIpc) is 2.45. The van der Waals surface area contributed by atoms with Crippen molar-refractivity contribution in [2.24, 2.45) is 23.7 Å². The third-order valence-electron chi connectivity index (χ3n) is 4.86. The molecule has 0 N–H and O–H groups in total. The first-order chi connectivity index (χ1) is 10.7. The Balaban J connectivity index is 3.65. The molecule has 3 heteroatoms. The zero-order valence-corrected chi connectivity index (χ0v) is 15.9. The van der Waals surface area contributed by atoms with Gasteiger partial charge in [-0.05, 0) is 24.2 Å². The highest BCUT2D eigenvalue weighted by Crippen LogP contribution is 2.22. The fourth-order valence-electron chi connectivity index (χ4n) is 3.08. The normalized spacial score (nSPS) is 15.4. The molecule has 0 aromatic carbocycles. The van der Waals surface area contributed by atoms with Crippen molar-refractivity contribution < 1.29 is 14.7 Å². The lowest BCUT2D eigenvalue weighted by molar-refractivity contribution is -0.300. The van der Waals surface area contributed by atoms with E-state index >= 15 is 0 Å². The maximum absolute atomic E-state index is 11.2. The van der Waals surface area contributed by atoms with Crippen LogP contribution in [0.1, 0.15) is 92.4 Å². The fourth-order valence-corrected chi connectivity index (χ4v) is 3.08. The van der Waals surface area contributed by atoms with E-state index in [-0.39, 0.29) is 0 Å². The summed E-state index contributed by atoms with van der Waals surface area (Å²) in [5.41, 5.74) is 0. The summed E-state index contributed by atoms with van der Waals surface area (Å²) in [5.74, 6) is -0.420. The maximum Gasteiger partial charge on any atom is 0.181 e. The summed E-state index contributed by atoms with van der Waals surface area (Å²) in [4.78, 5) is 21.7. The van der Waals surface area contributed by atoms with Crippen LogP contribution in [-0.4, -0.2) is 11.8 Å². The third-order valence-corrected chi connectivity index (χ3v) is 4.86. The minimum absolute atomic E-state index is 0.409. The van der Waals surface area contributed by atoms with Crippen LogP contribution in [0.5, 0.6) is 0 Å². The van der Waals surface area contributed by atoms with E-state index in [0.29, 0.717) is 12.3 Å². The highest BCUT2D eigenvalue weighted by molar-refractivity contribution is 6.32. The highest BCUT2D eigenvalue weighted by Gasteiger charge is 2.14. The van der Waals surface area contributed by atoms with Crippen molar-refractivity contribution in [1.82, 2.24) is 0 Å². The Bertz CT molecular complexity index is 336. The number of aliphatic carboxylic acids is 1. The van der Waals surface area contributed by atoms with Crippen LogP contribution in [0.4, 0.5) is 0 Å². The predicted octanol–water partition coefficient (Wildman–Crippen LogP) is 4.38. The van der Waals surface area contributed by atoms with Crippen molar-refractivity contribution in [3.8, 4) is 0 Å². The molecule has 0 saturated carbocycles. The SMILES string of the molecule is CC(C)CCC[C@@H](C)CCC[C@@H](C)CCC[C@H](C)C(=O)C(=O)[O-]. The Kier molecular flexibility index (Phi) is 12.1. The highest BCUT2D eigenvalue weighted by atomic mass is 16.4. The molecule has 136 valence electrons. The standard InChI is InChI=1S/C20H38O3/c1-15(2)9-6-10-16(3)11-7-12-17(4)13-8-14-18(5)19(21)20(22)23/h15-18H,6-14H2,1-5H3,(H,22,23)/p-1/t16-,17-,18+/m1/s1. The monoisotopic (exact) mass is 325 g/mol. The summed E-state index contributed by atoms with van der Waals surface area (Å²) >= 11 is 0. The fraction of sp³-hybridized carbons (Fsp3) is 0.900. The van der Waals surface area contributed by atoms with Gasteiger partial charge in [-0.25, -0.2) is 0 Å². The molecule has 0 spiro atoms. The van der Waals surface area contributed by atoms with Crippen molar-refractivity contribution in [1.29, 1.82) is 0 Å². The van der Waals surface area contributed by atoms with Gasteiger partial charge in [0.1, 0.15) is 5.97 Å². The molecule has 23 heavy (non-hydrogen) atoms. The second-order valence-corrected chi connectivity index (χ2v) is 7.95. The van der Waals surface area contributed by atoms with E-state index in [2.05, 4.69) is 27.7 Å². The Labute approximate surface area is 143 Å². The molecule has 0 rings (SSSR count). The zero-order valence-electron chi connectivity index (χ0n) is 15.9. The molecule has 0 aromatic rings. The molecule has 0 bridgehead atoms. The van der Waals surface area contributed by atoms with E-state index in [0.717, 1.165) is 24.7 Å². The van der Waals surface area contributed by atoms with Gasteiger partial charge >= 0.3 is 0 Å². The number of ketones is 1. The lowest BCUT2D eigenvalue weighted by Gasteiger charge is -2.16. The molecule has 0 saturated heterocycles. The summed E-state index contributed by atoms with van der Waals surface area (Å²) in [7, 11) is 0. The summed E-state index contributed by atoms with van der Waals surface area (Å²) in [6, 6.07) is 0. The minimum Gasteiger partial charge on any atom is -0.542 e. The average molecular weight is 326 g/mol. The number of carbonyl (C=O) groups excluding carboxylic acids is 2. The second-order valence-electron chi connectivity index (χ2n) is 7.95. The van der Waals surface area contributed by atoms with E-state index in [4.69, 9.17) is 0 Å². The van der Waals surface area contributed by atoms with Gasteiger partial charge in [-0.15, -0.1) is 0 Å². The van der Waals surface area contributed by atoms with Crippen LogP contribution in [0.3, 0.4) is 0 Å². The van der Waals surface area contributed by atoms with Crippen LogP contribution in [0.2, 0.25) is 0 Å². The molecule has 0 aliphatic carbocycles. The first kappa shape index (κ1) is 22.1.